The van der Waals surface area contributed by atoms with Crippen LogP contribution in [-0.4, -0.2) is 51.0 Å². The van der Waals surface area contributed by atoms with Crippen molar-refractivity contribution in [2.75, 3.05) is 45.9 Å². The maximum atomic E-state index is 8.53. The molecule has 0 atom stereocenters. The molecule has 140 valence electrons. The minimum absolute atomic E-state index is 0.287. The first-order valence-electron chi connectivity index (χ1n) is 9.31. The van der Waals surface area contributed by atoms with Gasteiger partial charge in [0, 0.05) is 6.61 Å². The smallest absolute Gasteiger partial charge is 0.0434 e. The molecular weight excluding hydrogens is 300 g/mol. The van der Waals surface area contributed by atoms with Crippen LogP contribution in [0.2, 0.25) is 0 Å². The Labute approximate surface area is 148 Å². The molecule has 0 fully saturated rings. The fraction of sp³-hybridized carbons (Fsp3) is 0.684. The highest BCUT2D eigenvalue weighted by Gasteiger charge is 1.89. The molecule has 1 rings (SSSR count). The van der Waals surface area contributed by atoms with Crippen molar-refractivity contribution in [3.05, 3.63) is 35.9 Å². The van der Waals surface area contributed by atoms with Crippen LogP contribution in [0.5, 0.6) is 0 Å². The van der Waals surface area contributed by atoms with E-state index in [1.165, 1.54) is 18.4 Å². The highest BCUT2D eigenvalue weighted by atomic mass is 16.2. The van der Waals surface area contributed by atoms with Gasteiger partial charge in [-0.25, -0.2) is 0 Å². The van der Waals surface area contributed by atoms with Crippen molar-refractivity contribution < 1.29 is 5.11 Å². The van der Waals surface area contributed by atoms with Crippen molar-refractivity contribution in [2.24, 2.45) is 11.5 Å². The van der Waals surface area contributed by atoms with Gasteiger partial charge in [-0.2, -0.15) is 0 Å². The van der Waals surface area contributed by atoms with Crippen LogP contribution in [-0.2, 0) is 6.42 Å². The number of nitrogens with one attached hydrogen (secondary N) is 2. The van der Waals surface area contributed by atoms with Crippen molar-refractivity contribution in [1.29, 1.82) is 0 Å². The third-order valence-corrected chi connectivity index (χ3v) is 3.54. The van der Waals surface area contributed by atoms with Gasteiger partial charge < -0.3 is 27.2 Å². The van der Waals surface area contributed by atoms with E-state index in [-0.39, 0.29) is 6.61 Å². The summed E-state index contributed by atoms with van der Waals surface area (Å²) in [4.78, 5) is 0. The van der Waals surface area contributed by atoms with E-state index in [9.17, 15) is 0 Å². The van der Waals surface area contributed by atoms with Gasteiger partial charge in [-0.3, -0.25) is 0 Å². The summed E-state index contributed by atoms with van der Waals surface area (Å²) in [6.07, 6.45) is 6.48. The Kier molecular flexibility index (Phi) is 19.2. The second kappa shape index (κ2) is 20.1. The lowest BCUT2D eigenvalue weighted by atomic mass is 10.1. The number of benzene rings is 1. The van der Waals surface area contributed by atoms with Crippen molar-refractivity contribution in [3.63, 3.8) is 0 Å². The van der Waals surface area contributed by atoms with E-state index in [0.717, 1.165) is 65.0 Å². The van der Waals surface area contributed by atoms with Gasteiger partial charge in [0.2, 0.25) is 0 Å². The molecule has 0 unspecified atom stereocenters. The summed E-state index contributed by atoms with van der Waals surface area (Å²) in [5.41, 5.74) is 12.1. The molecule has 0 spiro atoms. The molecule has 0 aliphatic carbocycles. The van der Waals surface area contributed by atoms with Crippen LogP contribution >= 0.6 is 0 Å². The van der Waals surface area contributed by atoms with E-state index < -0.39 is 0 Å². The van der Waals surface area contributed by atoms with Gasteiger partial charge >= 0.3 is 0 Å². The molecule has 0 radical (unpaired) electrons. The Morgan fingerprint density at radius 3 is 1.67 bits per heavy atom. The summed E-state index contributed by atoms with van der Waals surface area (Å²) in [6.45, 7) is 6.18. The largest absolute Gasteiger partial charge is 0.396 e. The lowest BCUT2D eigenvalue weighted by Crippen LogP contribution is -2.22. The Hall–Kier alpha value is -0.980. The minimum atomic E-state index is 0.287. The zero-order chi connectivity index (χ0) is 17.7. The Morgan fingerprint density at radius 2 is 1.21 bits per heavy atom. The molecule has 5 nitrogen and oxygen atoms in total. The van der Waals surface area contributed by atoms with E-state index >= 15 is 0 Å². The first-order chi connectivity index (χ1) is 11.8. The normalized spacial score (nSPS) is 10.3. The molecule has 0 aliphatic rings. The molecule has 7 N–H and O–H groups in total. The monoisotopic (exact) mass is 338 g/mol. The summed E-state index contributed by atoms with van der Waals surface area (Å²) < 4.78 is 0. The number of aryl methyl sites for hydroxylation is 1. The molecule has 0 saturated carbocycles. The quantitative estimate of drug-likeness (QED) is 0.329. The molecular formula is C19H38N4O. The third-order valence-electron chi connectivity index (χ3n) is 3.54. The highest BCUT2D eigenvalue weighted by Crippen LogP contribution is 2.00. The summed E-state index contributed by atoms with van der Waals surface area (Å²) in [5.74, 6) is 0. The van der Waals surface area contributed by atoms with Crippen molar-refractivity contribution in [2.45, 2.75) is 38.5 Å². The lowest BCUT2D eigenvalue weighted by molar-refractivity contribution is 0.288. The predicted octanol–water partition coefficient (Wildman–Crippen LogP) is 1.25. The summed E-state index contributed by atoms with van der Waals surface area (Å²) in [5, 5.41) is 15.2. The molecule has 0 heterocycles. The van der Waals surface area contributed by atoms with Gasteiger partial charge in [0.05, 0.1) is 0 Å². The van der Waals surface area contributed by atoms with Crippen molar-refractivity contribution >= 4 is 0 Å². The summed E-state index contributed by atoms with van der Waals surface area (Å²) in [7, 11) is 0. The fourth-order valence-electron chi connectivity index (χ4n) is 2.13. The number of hydrogen-bond donors (Lipinski definition) is 5. The Balaban J connectivity index is 0.000000463. The maximum absolute atomic E-state index is 8.53. The van der Waals surface area contributed by atoms with Gasteiger partial charge in [0.25, 0.3) is 0 Å². The van der Waals surface area contributed by atoms with Crippen LogP contribution in [0.25, 0.3) is 0 Å². The van der Waals surface area contributed by atoms with Crippen LogP contribution < -0.4 is 22.1 Å². The second-order valence-electron chi connectivity index (χ2n) is 5.80. The third kappa shape index (κ3) is 17.4. The van der Waals surface area contributed by atoms with Crippen LogP contribution in [0.4, 0.5) is 0 Å². The standard InChI is InChI=1S/C10H26N4.C9H12O/c11-5-3-9-13-7-1-2-8-14-10-4-6-12;10-8-4-7-9-5-2-1-3-6-9/h13-14H,1-12H2;1-3,5-6,10H,4,7-8H2. The average molecular weight is 339 g/mol. The topological polar surface area (TPSA) is 96.3 Å². The van der Waals surface area contributed by atoms with Gasteiger partial charge in [-0.15, -0.1) is 0 Å². The van der Waals surface area contributed by atoms with Crippen molar-refractivity contribution in [1.82, 2.24) is 10.6 Å². The van der Waals surface area contributed by atoms with Gasteiger partial charge in [0.15, 0.2) is 0 Å². The lowest BCUT2D eigenvalue weighted by Gasteiger charge is -2.04. The average Bonchev–Trinajstić information content (AvgIpc) is 2.63. The molecule has 0 saturated heterocycles. The number of rotatable bonds is 14. The Bertz CT molecular complexity index is 323. The second-order valence-corrected chi connectivity index (χ2v) is 5.80. The molecule has 0 bridgehead atoms. The number of nitrogens with two attached hydrogens (primary N) is 2. The minimum Gasteiger partial charge on any atom is -0.396 e. The predicted molar refractivity (Wildman–Crippen MR) is 104 cm³/mol. The van der Waals surface area contributed by atoms with E-state index in [1.807, 2.05) is 18.2 Å². The van der Waals surface area contributed by atoms with Gasteiger partial charge in [0.1, 0.15) is 0 Å². The maximum Gasteiger partial charge on any atom is 0.0434 e. The number of aliphatic hydroxyl groups is 1. The van der Waals surface area contributed by atoms with E-state index in [2.05, 4.69) is 22.8 Å². The number of hydrogen-bond acceptors (Lipinski definition) is 5. The van der Waals surface area contributed by atoms with Crippen molar-refractivity contribution in [3.8, 4) is 0 Å². The first kappa shape index (κ1) is 23.0. The molecule has 1 aromatic carbocycles. The van der Waals surface area contributed by atoms with E-state index in [4.69, 9.17) is 16.6 Å². The fourth-order valence-corrected chi connectivity index (χ4v) is 2.13. The molecule has 24 heavy (non-hydrogen) atoms. The van der Waals surface area contributed by atoms with Gasteiger partial charge in [-0.1, -0.05) is 30.3 Å². The number of aliphatic hydroxyl groups excluding tert-OH is 1. The molecule has 0 aliphatic heterocycles. The molecule has 5 heteroatoms. The van der Waals surface area contributed by atoms with Crippen LogP contribution in [0.15, 0.2) is 30.3 Å². The zero-order valence-electron chi connectivity index (χ0n) is 15.2. The summed E-state index contributed by atoms with van der Waals surface area (Å²) in [6, 6.07) is 10.2. The zero-order valence-corrected chi connectivity index (χ0v) is 15.2. The summed E-state index contributed by atoms with van der Waals surface area (Å²) >= 11 is 0. The van der Waals surface area contributed by atoms with Crippen LogP contribution in [0.1, 0.15) is 37.7 Å². The van der Waals surface area contributed by atoms with E-state index in [0.29, 0.717) is 0 Å². The molecule has 1 aromatic rings. The molecule has 0 aromatic heterocycles. The first-order valence-corrected chi connectivity index (χ1v) is 9.31. The van der Waals surface area contributed by atoms with Crippen LogP contribution in [0.3, 0.4) is 0 Å². The van der Waals surface area contributed by atoms with Crippen LogP contribution in [0, 0.1) is 0 Å². The SMILES string of the molecule is NCCCNCCCCNCCCN.OCCCc1ccccc1. The number of unbranched alkanes of at least 4 members (excludes halogenated alkanes) is 1. The van der Waals surface area contributed by atoms with Gasteiger partial charge in [-0.05, 0) is 83.4 Å². The molecule has 0 amide bonds. The highest BCUT2D eigenvalue weighted by molar-refractivity contribution is 5.14. The Morgan fingerprint density at radius 1 is 0.708 bits per heavy atom. The van der Waals surface area contributed by atoms with E-state index in [1.54, 1.807) is 0 Å².